The number of nitrogens with one attached hydrogen (secondary N) is 1. The first-order valence-corrected chi connectivity index (χ1v) is 6.37. The van der Waals surface area contributed by atoms with Gasteiger partial charge in [-0.05, 0) is 36.5 Å². The Balaban J connectivity index is 2.08. The number of rotatable bonds is 3. The topological polar surface area (TPSA) is 47.3 Å². The van der Waals surface area contributed by atoms with Crippen LogP contribution in [-0.4, -0.2) is 25.7 Å². The van der Waals surface area contributed by atoms with Gasteiger partial charge in [0.15, 0.2) is 0 Å². The molecule has 1 heterocycles. The van der Waals surface area contributed by atoms with E-state index in [1.807, 2.05) is 12.1 Å². The maximum Gasteiger partial charge on any atom is 0.119 e. The van der Waals surface area contributed by atoms with Crippen LogP contribution in [0.4, 0.5) is 0 Å². The summed E-state index contributed by atoms with van der Waals surface area (Å²) in [4.78, 5) is 0. The van der Waals surface area contributed by atoms with Crippen LogP contribution in [0.1, 0.15) is 31.2 Å². The predicted octanol–water partition coefficient (Wildman–Crippen LogP) is 1.88. The van der Waals surface area contributed by atoms with Crippen LogP contribution in [0, 0.1) is 0 Å². The highest BCUT2D eigenvalue weighted by molar-refractivity contribution is 5.31. The first-order valence-electron chi connectivity index (χ1n) is 6.37. The van der Waals surface area contributed by atoms with Gasteiger partial charge in [-0.25, -0.2) is 0 Å². The second-order valence-electron chi connectivity index (χ2n) is 4.80. The van der Waals surface area contributed by atoms with E-state index in [1.54, 1.807) is 7.11 Å². The number of hydrogen-bond donors (Lipinski definition) is 2. The molecule has 0 saturated carbocycles. The Bertz CT molecular complexity index is 367. The molecule has 1 aromatic rings. The minimum atomic E-state index is 0.255. The van der Waals surface area contributed by atoms with Crippen LogP contribution < -0.4 is 15.8 Å². The number of methoxy groups -OCH3 is 1. The Labute approximate surface area is 103 Å². The van der Waals surface area contributed by atoms with Gasteiger partial charge >= 0.3 is 0 Å². The summed E-state index contributed by atoms with van der Waals surface area (Å²) in [5, 5.41) is 3.54. The minimum absolute atomic E-state index is 0.255. The Kier molecular flexibility index (Phi) is 4.02. The van der Waals surface area contributed by atoms with Gasteiger partial charge in [-0.2, -0.15) is 0 Å². The molecule has 0 bridgehead atoms. The summed E-state index contributed by atoms with van der Waals surface area (Å²) < 4.78 is 5.26. The lowest BCUT2D eigenvalue weighted by atomic mass is 9.85. The standard InChI is InChI=1S/C14H22N2O/c1-3-14-13(15)8-11(9-16-14)10-5-4-6-12(7-10)17-2/h4-7,11,13-14,16H,3,8-9,15H2,1-2H3. The highest BCUT2D eigenvalue weighted by Crippen LogP contribution is 2.27. The summed E-state index contributed by atoms with van der Waals surface area (Å²) >= 11 is 0. The van der Waals surface area contributed by atoms with E-state index in [0.29, 0.717) is 12.0 Å². The molecule has 3 N–H and O–H groups in total. The summed E-state index contributed by atoms with van der Waals surface area (Å²) in [6.45, 7) is 3.20. The lowest BCUT2D eigenvalue weighted by molar-refractivity contribution is 0.314. The smallest absolute Gasteiger partial charge is 0.119 e. The molecule has 3 atom stereocenters. The molecule has 0 spiro atoms. The fourth-order valence-corrected chi connectivity index (χ4v) is 2.62. The second kappa shape index (κ2) is 5.52. The third-order valence-corrected chi connectivity index (χ3v) is 3.70. The zero-order chi connectivity index (χ0) is 12.3. The Morgan fingerprint density at radius 2 is 2.29 bits per heavy atom. The average molecular weight is 234 g/mol. The third-order valence-electron chi connectivity index (χ3n) is 3.70. The molecule has 17 heavy (non-hydrogen) atoms. The monoisotopic (exact) mass is 234 g/mol. The van der Waals surface area contributed by atoms with E-state index in [-0.39, 0.29) is 6.04 Å². The molecule has 1 fully saturated rings. The van der Waals surface area contributed by atoms with Gasteiger partial charge in [0.2, 0.25) is 0 Å². The van der Waals surface area contributed by atoms with E-state index in [9.17, 15) is 0 Å². The fourth-order valence-electron chi connectivity index (χ4n) is 2.62. The van der Waals surface area contributed by atoms with E-state index >= 15 is 0 Å². The Morgan fingerprint density at radius 3 is 2.94 bits per heavy atom. The van der Waals surface area contributed by atoms with Crippen LogP contribution in [0.2, 0.25) is 0 Å². The van der Waals surface area contributed by atoms with Crippen molar-refractivity contribution in [3.8, 4) is 5.75 Å². The summed E-state index contributed by atoms with van der Waals surface area (Å²) in [6, 6.07) is 9.03. The maximum atomic E-state index is 6.19. The Morgan fingerprint density at radius 1 is 1.47 bits per heavy atom. The molecular weight excluding hydrogens is 212 g/mol. The number of ether oxygens (including phenoxy) is 1. The number of piperidine rings is 1. The number of benzene rings is 1. The lowest BCUT2D eigenvalue weighted by Crippen LogP contribution is -2.51. The third kappa shape index (κ3) is 2.79. The molecule has 3 unspecified atom stereocenters. The lowest BCUT2D eigenvalue weighted by Gasteiger charge is -2.35. The maximum absolute atomic E-state index is 6.19. The van der Waals surface area contributed by atoms with Gasteiger partial charge in [-0.15, -0.1) is 0 Å². The molecule has 1 aliphatic rings. The van der Waals surface area contributed by atoms with Gasteiger partial charge in [-0.1, -0.05) is 19.1 Å². The van der Waals surface area contributed by atoms with Crippen LogP contribution in [0.5, 0.6) is 5.75 Å². The molecule has 3 nitrogen and oxygen atoms in total. The largest absolute Gasteiger partial charge is 0.497 e. The quantitative estimate of drug-likeness (QED) is 0.839. The normalized spacial score (nSPS) is 29.0. The van der Waals surface area contributed by atoms with Gasteiger partial charge in [0, 0.05) is 18.6 Å². The molecule has 0 amide bonds. The molecule has 0 radical (unpaired) electrons. The first kappa shape index (κ1) is 12.4. The van der Waals surface area contributed by atoms with Crippen molar-refractivity contribution < 1.29 is 4.74 Å². The van der Waals surface area contributed by atoms with Crippen molar-refractivity contribution in [1.29, 1.82) is 0 Å². The highest BCUT2D eigenvalue weighted by atomic mass is 16.5. The molecule has 0 aromatic heterocycles. The summed E-state index contributed by atoms with van der Waals surface area (Å²) in [6.07, 6.45) is 2.16. The van der Waals surface area contributed by atoms with Crippen molar-refractivity contribution >= 4 is 0 Å². The zero-order valence-electron chi connectivity index (χ0n) is 10.6. The predicted molar refractivity (Wildman–Crippen MR) is 70.4 cm³/mol. The molecule has 94 valence electrons. The number of hydrogen-bond acceptors (Lipinski definition) is 3. The number of nitrogens with two attached hydrogens (primary N) is 1. The van der Waals surface area contributed by atoms with Crippen molar-refractivity contribution in [3.05, 3.63) is 29.8 Å². The first-order chi connectivity index (χ1) is 8.24. The summed E-state index contributed by atoms with van der Waals surface area (Å²) in [5.74, 6) is 1.43. The summed E-state index contributed by atoms with van der Waals surface area (Å²) in [7, 11) is 1.71. The molecule has 1 aliphatic heterocycles. The van der Waals surface area contributed by atoms with Crippen LogP contribution in [0.15, 0.2) is 24.3 Å². The van der Waals surface area contributed by atoms with Crippen molar-refractivity contribution in [2.75, 3.05) is 13.7 Å². The van der Waals surface area contributed by atoms with Crippen LogP contribution in [-0.2, 0) is 0 Å². The van der Waals surface area contributed by atoms with Crippen molar-refractivity contribution in [1.82, 2.24) is 5.32 Å². The van der Waals surface area contributed by atoms with Crippen molar-refractivity contribution in [2.45, 2.75) is 37.8 Å². The summed E-state index contributed by atoms with van der Waals surface area (Å²) in [5.41, 5.74) is 7.52. The van der Waals surface area contributed by atoms with E-state index in [0.717, 1.165) is 25.1 Å². The molecule has 3 heteroatoms. The van der Waals surface area contributed by atoms with Gasteiger partial charge in [0.1, 0.15) is 5.75 Å². The molecular formula is C14H22N2O. The Hall–Kier alpha value is -1.06. The second-order valence-corrected chi connectivity index (χ2v) is 4.80. The zero-order valence-corrected chi connectivity index (χ0v) is 10.6. The van der Waals surface area contributed by atoms with Gasteiger partial charge in [0.05, 0.1) is 7.11 Å². The molecule has 1 aromatic carbocycles. The van der Waals surface area contributed by atoms with Crippen molar-refractivity contribution in [2.24, 2.45) is 5.73 Å². The SMILES string of the molecule is CCC1NCC(c2cccc(OC)c2)CC1N. The van der Waals surface area contributed by atoms with Gasteiger partial charge < -0.3 is 15.8 Å². The van der Waals surface area contributed by atoms with E-state index in [1.165, 1.54) is 5.56 Å². The molecule has 2 rings (SSSR count). The van der Waals surface area contributed by atoms with E-state index < -0.39 is 0 Å². The minimum Gasteiger partial charge on any atom is -0.497 e. The van der Waals surface area contributed by atoms with Gasteiger partial charge in [0.25, 0.3) is 0 Å². The molecule has 0 aliphatic carbocycles. The van der Waals surface area contributed by atoms with Crippen LogP contribution >= 0.6 is 0 Å². The van der Waals surface area contributed by atoms with Crippen LogP contribution in [0.25, 0.3) is 0 Å². The van der Waals surface area contributed by atoms with E-state index in [4.69, 9.17) is 10.5 Å². The fraction of sp³-hybridized carbons (Fsp3) is 0.571. The van der Waals surface area contributed by atoms with Crippen LogP contribution in [0.3, 0.4) is 0 Å². The average Bonchev–Trinajstić information content (AvgIpc) is 2.38. The van der Waals surface area contributed by atoms with Gasteiger partial charge in [-0.3, -0.25) is 0 Å². The van der Waals surface area contributed by atoms with E-state index in [2.05, 4.69) is 24.4 Å². The highest BCUT2D eigenvalue weighted by Gasteiger charge is 2.27. The molecule has 1 saturated heterocycles. The van der Waals surface area contributed by atoms with Crippen molar-refractivity contribution in [3.63, 3.8) is 0 Å².